The van der Waals surface area contributed by atoms with Crippen molar-refractivity contribution in [1.29, 1.82) is 0 Å². The lowest BCUT2D eigenvalue weighted by Gasteiger charge is -2.14. The molecule has 5 heteroatoms. The summed E-state index contributed by atoms with van der Waals surface area (Å²) in [5, 5.41) is 2.46. The number of anilines is 2. The largest absolute Gasteiger partial charge is 0.429 e. The summed E-state index contributed by atoms with van der Waals surface area (Å²) in [6, 6.07) is 5.68. The van der Waals surface area contributed by atoms with E-state index < -0.39 is 0 Å². The molecular weight excluding hydrogens is 222 g/mol. The fraction of sp³-hybridized carbons (Fsp3) is 0.182. The quantitative estimate of drug-likeness (QED) is 0.831. The first-order chi connectivity index (χ1) is 7.66. The van der Waals surface area contributed by atoms with Crippen molar-refractivity contribution in [3.05, 3.63) is 29.8 Å². The van der Waals surface area contributed by atoms with Crippen molar-refractivity contribution < 1.29 is 4.74 Å². The number of aromatic nitrogens is 1. The Morgan fingerprint density at radius 3 is 2.81 bits per heavy atom. The number of ether oxygens (including phenoxy) is 1. The number of hydrogen-bond acceptors (Lipinski definition) is 5. The molecule has 1 aromatic carbocycles. The Morgan fingerprint density at radius 2 is 2.19 bits per heavy atom. The Morgan fingerprint density at radius 1 is 1.38 bits per heavy atom. The van der Waals surface area contributed by atoms with Crippen LogP contribution in [0.5, 0.6) is 10.9 Å². The molecule has 0 radical (unpaired) electrons. The Balaban J connectivity index is 2.29. The van der Waals surface area contributed by atoms with E-state index in [1.807, 2.05) is 42.6 Å². The van der Waals surface area contributed by atoms with Gasteiger partial charge in [0.25, 0.3) is 5.19 Å². The van der Waals surface area contributed by atoms with E-state index in [2.05, 4.69) is 4.98 Å². The lowest BCUT2D eigenvalue weighted by Crippen LogP contribution is -2.08. The summed E-state index contributed by atoms with van der Waals surface area (Å²) in [4.78, 5) is 6.05. The van der Waals surface area contributed by atoms with Crippen LogP contribution in [0.15, 0.2) is 29.8 Å². The van der Waals surface area contributed by atoms with Gasteiger partial charge in [-0.2, -0.15) is 0 Å². The third-order valence-corrected chi connectivity index (χ3v) is 2.77. The monoisotopic (exact) mass is 235 g/mol. The summed E-state index contributed by atoms with van der Waals surface area (Å²) >= 11 is 1.44. The van der Waals surface area contributed by atoms with Crippen LogP contribution in [0.4, 0.5) is 11.4 Å². The van der Waals surface area contributed by atoms with E-state index >= 15 is 0 Å². The third-order valence-electron chi connectivity index (χ3n) is 2.12. The van der Waals surface area contributed by atoms with Crippen LogP contribution >= 0.6 is 11.3 Å². The van der Waals surface area contributed by atoms with Crippen LogP contribution in [0.2, 0.25) is 0 Å². The number of thiazole rings is 1. The van der Waals surface area contributed by atoms with Gasteiger partial charge in [0, 0.05) is 37.4 Å². The van der Waals surface area contributed by atoms with Gasteiger partial charge in [-0.1, -0.05) is 11.3 Å². The highest BCUT2D eigenvalue weighted by Crippen LogP contribution is 2.31. The minimum atomic E-state index is 0.600. The molecule has 0 aliphatic rings. The molecule has 2 rings (SSSR count). The molecule has 0 saturated heterocycles. The molecule has 0 fully saturated rings. The van der Waals surface area contributed by atoms with Gasteiger partial charge in [0.15, 0.2) is 5.75 Å². The lowest BCUT2D eigenvalue weighted by atomic mass is 10.2. The van der Waals surface area contributed by atoms with E-state index in [-0.39, 0.29) is 0 Å². The lowest BCUT2D eigenvalue weighted by molar-refractivity contribution is 0.481. The second-order valence-electron chi connectivity index (χ2n) is 3.52. The molecule has 2 N–H and O–H groups in total. The first-order valence-corrected chi connectivity index (χ1v) is 5.69. The first kappa shape index (κ1) is 10.8. The number of nitrogen functional groups attached to an aromatic ring is 1. The molecule has 1 heterocycles. The van der Waals surface area contributed by atoms with Crippen LogP contribution < -0.4 is 15.4 Å². The number of hydrogen-bond donors (Lipinski definition) is 1. The van der Waals surface area contributed by atoms with Crippen LogP contribution in [0.25, 0.3) is 0 Å². The van der Waals surface area contributed by atoms with Gasteiger partial charge in [0.1, 0.15) is 0 Å². The maximum atomic E-state index is 5.84. The molecule has 4 nitrogen and oxygen atoms in total. The molecule has 0 atom stereocenters. The Kier molecular flexibility index (Phi) is 2.96. The number of nitrogens with zero attached hydrogens (tertiary/aromatic N) is 2. The van der Waals surface area contributed by atoms with Crippen molar-refractivity contribution in [2.75, 3.05) is 24.7 Å². The van der Waals surface area contributed by atoms with Crippen LogP contribution in [0.1, 0.15) is 0 Å². The summed E-state index contributed by atoms with van der Waals surface area (Å²) in [6.07, 6.45) is 1.70. The molecule has 16 heavy (non-hydrogen) atoms. The Labute approximate surface area is 98.3 Å². The fourth-order valence-corrected chi connectivity index (χ4v) is 1.74. The van der Waals surface area contributed by atoms with Gasteiger partial charge in [0.05, 0.1) is 5.69 Å². The molecule has 0 aliphatic heterocycles. The second-order valence-corrected chi connectivity index (χ2v) is 4.37. The zero-order valence-corrected chi connectivity index (χ0v) is 9.99. The van der Waals surface area contributed by atoms with Crippen LogP contribution in [0, 0.1) is 0 Å². The molecular formula is C11H13N3OS. The average molecular weight is 235 g/mol. The van der Waals surface area contributed by atoms with E-state index in [1.54, 1.807) is 6.20 Å². The smallest absolute Gasteiger partial charge is 0.278 e. The van der Waals surface area contributed by atoms with Gasteiger partial charge in [-0.05, 0) is 12.1 Å². The summed E-state index contributed by atoms with van der Waals surface area (Å²) in [7, 11) is 3.94. The molecule has 0 spiro atoms. The topological polar surface area (TPSA) is 51.4 Å². The minimum absolute atomic E-state index is 0.600. The number of nitrogens with two attached hydrogens (primary N) is 1. The zero-order chi connectivity index (χ0) is 11.5. The summed E-state index contributed by atoms with van der Waals surface area (Å²) in [6.45, 7) is 0. The Hall–Kier alpha value is -1.75. The summed E-state index contributed by atoms with van der Waals surface area (Å²) < 4.78 is 5.60. The van der Waals surface area contributed by atoms with Crippen molar-refractivity contribution in [1.82, 2.24) is 4.98 Å². The van der Waals surface area contributed by atoms with Crippen molar-refractivity contribution in [3.63, 3.8) is 0 Å². The highest BCUT2D eigenvalue weighted by Gasteiger charge is 2.06. The van der Waals surface area contributed by atoms with Crippen LogP contribution in [0.3, 0.4) is 0 Å². The second kappa shape index (κ2) is 4.40. The average Bonchev–Trinajstić information content (AvgIpc) is 2.73. The van der Waals surface area contributed by atoms with E-state index in [0.717, 1.165) is 5.69 Å². The Bertz CT molecular complexity index is 468. The standard InChI is InChI=1S/C11H13N3OS/c1-14(2)8-3-4-9(12)10(7-8)15-11-13-5-6-16-11/h3-7H,12H2,1-2H3. The van der Waals surface area contributed by atoms with Crippen molar-refractivity contribution in [2.45, 2.75) is 0 Å². The highest BCUT2D eigenvalue weighted by atomic mass is 32.1. The van der Waals surface area contributed by atoms with Crippen molar-refractivity contribution in [3.8, 4) is 10.9 Å². The minimum Gasteiger partial charge on any atom is -0.429 e. The SMILES string of the molecule is CN(C)c1ccc(N)c(Oc2nccs2)c1. The summed E-state index contributed by atoms with van der Waals surface area (Å²) in [5.41, 5.74) is 7.49. The van der Waals surface area contributed by atoms with E-state index in [9.17, 15) is 0 Å². The summed E-state index contributed by atoms with van der Waals surface area (Å²) in [5.74, 6) is 0.640. The van der Waals surface area contributed by atoms with Gasteiger partial charge in [0.2, 0.25) is 0 Å². The predicted molar refractivity (Wildman–Crippen MR) is 67.4 cm³/mol. The van der Waals surface area contributed by atoms with Gasteiger partial charge < -0.3 is 15.4 Å². The maximum absolute atomic E-state index is 5.84. The van der Waals surface area contributed by atoms with Crippen molar-refractivity contribution >= 4 is 22.7 Å². The molecule has 84 valence electrons. The molecule has 1 aromatic heterocycles. The third kappa shape index (κ3) is 2.25. The zero-order valence-electron chi connectivity index (χ0n) is 9.18. The number of benzene rings is 1. The fourth-order valence-electron chi connectivity index (χ4n) is 1.24. The van der Waals surface area contributed by atoms with E-state index in [4.69, 9.17) is 10.5 Å². The molecule has 0 aliphatic carbocycles. The first-order valence-electron chi connectivity index (χ1n) is 4.81. The maximum Gasteiger partial charge on any atom is 0.278 e. The molecule has 0 amide bonds. The van der Waals surface area contributed by atoms with Crippen LogP contribution in [-0.2, 0) is 0 Å². The van der Waals surface area contributed by atoms with Crippen LogP contribution in [-0.4, -0.2) is 19.1 Å². The predicted octanol–water partition coefficient (Wildman–Crippen LogP) is 2.58. The van der Waals surface area contributed by atoms with E-state index in [0.29, 0.717) is 16.6 Å². The van der Waals surface area contributed by atoms with Crippen molar-refractivity contribution in [2.24, 2.45) is 0 Å². The molecule has 2 aromatic rings. The van der Waals surface area contributed by atoms with E-state index in [1.165, 1.54) is 11.3 Å². The molecule has 0 bridgehead atoms. The molecule has 0 unspecified atom stereocenters. The number of rotatable bonds is 3. The highest BCUT2D eigenvalue weighted by molar-refractivity contribution is 7.11. The van der Waals surface area contributed by atoms with Gasteiger partial charge >= 0.3 is 0 Å². The normalized spacial score (nSPS) is 10.1. The molecule has 0 saturated carbocycles. The van der Waals surface area contributed by atoms with Gasteiger partial charge in [-0.3, -0.25) is 0 Å². The van der Waals surface area contributed by atoms with Gasteiger partial charge in [-0.15, -0.1) is 0 Å². The van der Waals surface area contributed by atoms with Gasteiger partial charge in [-0.25, -0.2) is 4.98 Å².